The topological polar surface area (TPSA) is 34.1 Å². The van der Waals surface area contributed by atoms with Crippen molar-refractivity contribution in [1.82, 2.24) is 0 Å². The van der Waals surface area contributed by atoms with Crippen molar-refractivity contribution in [2.24, 2.45) is 0 Å². The van der Waals surface area contributed by atoms with Gasteiger partial charge >= 0.3 is 12.4 Å². The quantitative estimate of drug-likeness (QED) is 0.135. The number of carbonyl (C=O) groups excluding carboxylic acids is 2. The Morgan fingerprint density at radius 1 is 0.630 bits per heavy atom. The van der Waals surface area contributed by atoms with Gasteiger partial charge in [-0.2, -0.15) is 26.3 Å². The second kappa shape index (κ2) is 15.6. The van der Waals surface area contributed by atoms with Crippen LogP contribution in [0.1, 0.15) is 62.5 Å². The van der Waals surface area contributed by atoms with Crippen molar-refractivity contribution in [2.75, 3.05) is 0 Å². The first-order valence-corrected chi connectivity index (χ1v) is 16.2. The van der Waals surface area contributed by atoms with E-state index >= 15 is 0 Å². The Bertz CT molecular complexity index is 1790. The van der Waals surface area contributed by atoms with Gasteiger partial charge in [-0.25, -0.2) is 0 Å². The molecule has 5 rings (SSSR count). The maximum absolute atomic E-state index is 12.5. The lowest BCUT2D eigenvalue weighted by Crippen LogP contribution is -2.07. The first-order valence-electron chi connectivity index (χ1n) is 13.4. The van der Waals surface area contributed by atoms with Crippen LogP contribution in [0, 0.1) is 27.7 Å². The van der Waals surface area contributed by atoms with Crippen LogP contribution in [0.4, 0.5) is 26.3 Å². The van der Waals surface area contributed by atoms with E-state index in [1.54, 1.807) is 6.07 Å². The molecule has 0 aliphatic carbocycles. The highest BCUT2D eigenvalue weighted by Gasteiger charge is 2.31. The van der Waals surface area contributed by atoms with Crippen LogP contribution in [0.15, 0.2) is 89.4 Å². The average molecular weight is 760 g/mol. The van der Waals surface area contributed by atoms with E-state index in [4.69, 9.17) is 11.6 Å². The number of benzene rings is 3. The summed E-state index contributed by atoms with van der Waals surface area (Å²) in [5, 5.41) is 0.794. The van der Waals surface area contributed by atoms with Crippen molar-refractivity contribution in [1.29, 1.82) is 0 Å². The monoisotopic (exact) mass is 758 g/mol. The normalized spacial score (nSPS) is 11.2. The van der Waals surface area contributed by atoms with Gasteiger partial charge in [-0.3, -0.25) is 9.59 Å². The Morgan fingerprint density at radius 3 is 1.41 bits per heavy atom. The van der Waals surface area contributed by atoms with Gasteiger partial charge in [0.05, 0.1) is 16.7 Å². The zero-order valence-corrected chi connectivity index (χ0v) is 28.7. The Labute approximate surface area is 283 Å². The van der Waals surface area contributed by atoms with Crippen LogP contribution in [-0.4, -0.2) is 11.6 Å². The molecule has 3 aromatic carbocycles. The van der Waals surface area contributed by atoms with Crippen LogP contribution < -0.4 is 0 Å². The molecule has 2 nitrogen and oxygen atoms in total. The first kappa shape index (κ1) is 37.2. The number of ketones is 2. The van der Waals surface area contributed by atoms with Crippen molar-refractivity contribution in [3.8, 4) is 0 Å². The maximum atomic E-state index is 12.5. The summed E-state index contributed by atoms with van der Waals surface area (Å²) in [6, 6.07) is 19.8. The molecule has 0 amide bonds. The van der Waals surface area contributed by atoms with Gasteiger partial charge < -0.3 is 0 Å². The Hall–Kier alpha value is -3.25. The van der Waals surface area contributed by atoms with E-state index in [1.165, 1.54) is 46.9 Å². The molecule has 5 aromatic rings. The third-order valence-corrected chi connectivity index (χ3v) is 9.87. The second-order valence-corrected chi connectivity index (χ2v) is 14.0. The first-order chi connectivity index (χ1) is 21.4. The largest absolute Gasteiger partial charge is 0.416 e. The lowest BCUT2D eigenvalue weighted by Gasteiger charge is -2.07. The predicted octanol–water partition coefficient (Wildman–Crippen LogP) is 12.3. The van der Waals surface area contributed by atoms with Crippen molar-refractivity contribution in [3.63, 3.8) is 0 Å². The molecule has 2 heterocycles. The molecule has 242 valence electrons. The fourth-order valence-corrected chi connectivity index (χ4v) is 6.97. The second-order valence-electron chi connectivity index (χ2n) is 9.83. The number of aryl methyl sites for hydroxylation is 4. The molecule has 0 atom stereocenters. The minimum absolute atomic E-state index is 0.240. The minimum Gasteiger partial charge on any atom is -0.289 e. The predicted molar refractivity (Wildman–Crippen MR) is 176 cm³/mol. The lowest BCUT2D eigenvalue weighted by atomic mass is 10.0. The van der Waals surface area contributed by atoms with Gasteiger partial charge in [0.25, 0.3) is 0 Å². The molecule has 0 saturated carbocycles. The summed E-state index contributed by atoms with van der Waals surface area (Å²) in [4.78, 5) is 28.2. The fraction of sp³-hybridized carbons (Fsp3) is 0.176. The summed E-state index contributed by atoms with van der Waals surface area (Å²) < 4.78 is 75.4. The average Bonchev–Trinajstić information content (AvgIpc) is 3.47. The van der Waals surface area contributed by atoms with Gasteiger partial charge in [0.15, 0.2) is 11.6 Å². The molecule has 12 heteroatoms. The molecular formula is C34H26BrClF6O2S2. The number of alkyl halides is 6. The van der Waals surface area contributed by atoms with E-state index in [0.717, 1.165) is 48.8 Å². The highest BCUT2D eigenvalue weighted by atomic mass is 79.9. The molecule has 0 fully saturated rings. The number of thiophene rings is 2. The zero-order valence-electron chi connectivity index (χ0n) is 24.7. The van der Waals surface area contributed by atoms with Gasteiger partial charge in [-0.05, 0) is 86.1 Å². The van der Waals surface area contributed by atoms with Gasteiger partial charge in [0.2, 0.25) is 0 Å². The van der Waals surface area contributed by atoms with Gasteiger partial charge in [-0.15, -0.1) is 22.7 Å². The highest BCUT2D eigenvalue weighted by Crippen LogP contribution is 2.35. The molecule has 0 bridgehead atoms. The molecule has 0 N–H and O–H groups in total. The smallest absolute Gasteiger partial charge is 0.289 e. The molecule has 0 spiro atoms. The number of halogens is 8. The number of hydrogen-bond acceptors (Lipinski definition) is 4. The van der Waals surface area contributed by atoms with Crippen LogP contribution in [-0.2, 0) is 12.4 Å². The van der Waals surface area contributed by atoms with E-state index in [0.29, 0.717) is 15.6 Å². The third-order valence-electron chi connectivity index (χ3n) is 6.38. The van der Waals surface area contributed by atoms with Crippen LogP contribution in [0.25, 0.3) is 0 Å². The molecule has 2 aromatic heterocycles. The summed E-state index contributed by atoms with van der Waals surface area (Å²) in [6.45, 7) is 7.42. The van der Waals surface area contributed by atoms with Gasteiger partial charge in [0, 0.05) is 45.7 Å². The third kappa shape index (κ3) is 9.87. The molecule has 0 aliphatic heterocycles. The van der Waals surface area contributed by atoms with E-state index in [-0.39, 0.29) is 22.7 Å². The summed E-state index contributed by atoms with van der Waals surface area (Å²) in [5.41, 5.74) is 0.0941. The Morgan fingerprint density at radius 2 is 1.09 bits per heavy atom. The number of carbonyl (C=O) groups is 2. The molecule has 46 heavy (non-hydrogen) atoms. The SMILES string of the molecule is Cc1cc(C(=O)c2ccc(C(F)(F)F)cc2)c(C)s1.Cc1sc(C)c(C(=O)c2ccc(C(F)(F)F)cc2)c1Br.Clc1ccccc1. The molecule has 0 radical (unpaired) electrons. The van der Waals surface area contributed by atoms with Crippen LogP contribution in [0.2, 0.25) is 5.02 Å². The summed E-state index contributed by atoms with van der Waals surface area (Å²) in [7, 11) is 0. The van der Waals surface area contributed by atoms with E-state index < -0.39 is 23.5 Å². The molecule has 0 saturated heterocycles. The Kier molecular flexibility index (Phi) is 12.6. The lowest BCUT2D eigenvalue weighted by molar-refractivity contribution is -0.138. The molecule has 0 aliphatic rings. The van der Waals surface area contributed by atoms with Gasteiger partial charge in [-0.1, -0.05) is 54.1 Å². The summed E-state index contributed by atoms with van der Waals surface area (Å²) in [6.07, 6.45) is -8.77. The fourth-order valence-electron chi connectivity index (χ4n) is 4.11. The maximum Gasteiger partial charge on any atom is 0.416 e. The van der Waals surface area contributed by atoms with Crippen molar-refractivity contribution in [3.05, 3.63) is 147 Å². The van der Waals surface area contributed by atoms with Crippen LogP contribution >= 0.6 is 50.2 Å². The van der Waals surface area contributed by atoms with E-state index in [1.807, 2.05) is 58.0 Å². The number of hydrogen-bond donors (Lipinski definition) is 0. The van der Waals surface area contributed by atoms with Crippen molar-refractivity contribution >= 4 is 61.8 Å². The summed E-state index contributed by atoms with van der Waals surface area (Å²) >= 11 is 11.9. The standard InChI is InChI=1S/C14H10BrF3OS.C14H11F3OS.C6H5Cl/c1-7-11(12(15)8(2)20-7)13(19)9-3-5-10(6-4-9)14(16,17)18;1-8-7-12(9(2)19-8)13(18)10-3-5-11(6-4-10)14(15,16)17;7-6-4-2-1-3-5-6/h3-6H,1-2H3;3-7H,1-2H3;1-5H. The zero-order chi connectivity index (χ0) is 34.4. The van der Waals surface area contributed by atoms with Crippen LogP contribution in [0.5, 0.6) is 0 Å². The molecular weight excluding hydrogens is 734 g/mol. The number of rotatable bonds is 4. The van der Waals surface area contributed by atoms with Crippen LogP contribution in [0.3, 0.4) is 0 Å². The van der Waals surface area contributed by atoms with Gasteiger partial charge in [0.1, 0.15) is 0 Å². The summed E-state index contributed by atoms with van der Waals surface area (Å²) in [5.74, 6) is -0.511. The van der Waals surface area contributed by atoms with Crippen molar-refractivity contribution < 1.29 is 35.9 Å². The minimum atomic E-state index is -4.39. The Balaban J connectivity index is 0.000000207. The molecule has 0 unspecified atom stereocenters. The van der Waals surface area contributed by atoms with Crippen molar-refractivity contribution in [2.45, 2.75) is 40.0 Å². The van der Waals surface area contributed by atoms with E-state index in [9.17, 15) is 35.9 Å². The van der Waals surface area contributed by atoms with E-state index in [2.05, 4.69) is 15.9 Å². The highest BCUT2D eigenvalue weighted by molar-refractivity contribution is 9.10.